The normalized spacial score (nSPS) is 13.5. The molecule has 1 aliphatic carbocycles. The Labute approximate surface area is 271 Å². The van der Waals surface area contributed by atoms with Gasteiger partial charge in [-0.1, -0.05) is 111 Å². The van der Waals surface area contributed by atoms with Gasteiger partial charge >= 0.3 is 0 Å². The topological polar surface area (TPSA) is 43.9 Å². The minimum absolute atomic E-state index is 0.0878. The first-order valence-corrected chi connectivity index (χ1v) is 16.1. The summed E-state index contributed by atoms with van der Waals surface area (Å²) in [5.41, 5.74) is 12.9. The van der Waals surface area contributed by atoms with Crippen LogP contribution in [0.15, 0.2) is 144 Å². The summed E-state index contributed by atoms with van der Waals surface area (Å²) in [5.74, 6) is 0.641. The molecule has 0 aliphatic heterocycles. The summed E-state index contributed by atoms with van der Waals surface area (Å²) in [6.07, 6.45) is 0. The molecule has 0 saturated heterocycles. The van der Waals surface area contributed by atoms with Crippen molar-refractivity contribution in [1.29, 1.82) is 0 Å². The summed E-state index contributed by atoms with van der Waals surface area (Å²) in [6.45, 7) is 4.67. The number of aromatic nitrogens is 3. The second kappa shape index (κ2) is 9.51. The molecule has 0 unspecified atom stereocenters. The van der Waals surface area contributed by atoms with E-state index in [0.717, 1.165) is 55.5 Å². The quantitative estimate of drug-likeness (QED) is 0.202. The molecule has 9 aromatic rings. The fraction of sp³-hybridized carbons (Fsp3) is 0.0698. The standard InChI is InChI=1S/C43H29N3O/c1-43(2)34-17-9-6-14-28(34)32-24-39-33(23-35(32)43)29-15-7-10-18-38(29)46(39)42-44-36(26-12-4-3-5-13-26)25-37(45-42)27-20-21-31-30-16-8-11-19-40(30)47-41(31)22-27/h3-25H,1-2H3. The van der Waals surface area contributed by atoms with Gasteiger partial charge in [-0.15, -0.1) is 0 Å². The number of hydrogen-bond donors (Lipinski definition) is 0. The highest BCUT2D eigenvalue weighted by molar-refractivity contribution is 6.11. The second-order valence-electron chi connectivity index (χ2n) is 13.1. The van der Waals surface area contributed by atoms with Gasteiger partial charge in [0, 0.05) is 38.1 Å². The van der Waals surface area contributed by atoms with Crippen LogP contribution in [-0.4, -0.2) is 14.5 Å². The smallest absolute Gasteiger partial charge is 0.235 e. The predicted octanol–water partition coefficient (Wildman–Crippen LogP) is 11.1. The van der Waals surface area contributed by atoms with Crippen LogP contribution in [0.1, 0.15) is 25.0 Å². The molecule has 3 aromatic heterocycles. The lowest BCUT2D eigenvalue weighted by atomic mass is 9.82. The predicted molar refractivity (Wildman–Crippen MR) is 192 cm³/mol. The zero-order valence-corrected chi connectivity index (χ0v) is 26.0. The highest BCUT2D eigenvalue weighted by Crippen LogP contribution is 2.51. The van der Waals surface area contributed by atoms with E-state index in [2.05, 4.69) is 140 Å². The van der Waals surface area contributed by atoms with Gasteiger partial charge in [-0.25, -0.2) is 9.97 Å². The molecule has 10 rings (SSSR count). The van der Waals surface area contributed by atoms with Crippen molar-refractivity contribution in [2.45, 2.75) is 19.3 Å². The van der Waals surface area contributed by atoms with Gasteiger partial charge < -0.3 is 4.42 Å². The third-order valence-corrected chi connectivity index (χ3v) is 10.0. The molecular weight excluding hydrogens is 574 g/mol. The van der Waals surface area contributed by atoms with Crippen LogP contribution < -0.4 is 0 Å². The van der Waals surface area contributed by atoms with Crippen molar-refractivity contribution in [1.82, 2.24) is 14.5 Å². The van der Waals surface area contributed by atoms with Crippen molar-refractivity contribution in [3.05, 3.63) is 151 Å². The molecule has 0 amide bonds. The van der Waals surface area contributed by atoms with Gasteiger partial charge in [0.05, 0.1) is 22.4 Å². The Hall–Kier alpha value is -6.00. The van der Waals surface area contributed by atoms with Crippen LogP contribution in [0.2, 0.25) is 0 Å². The first-order valence-electron chi connectivity index (χ1n) is 16.1. The van der Waals surface area contributed by atoms with E-state index in [4.69, 9.17) is 14.4 Å². The van der Waals surface area contributed by atoms with E-state index in [0.29, 0.717) is 5.95 Å². The molecule has 3 heterocycles. The Bertz CT molecular complexity index is 2710. The summed E-state index contributed by atoms with van der Waals surface area (Å²) >= 11 is 0. The Morgan fingerprint density at radius 1 is 0.489 bits per heavy atom. The van der Waals surface area contributed by atoms with Crippen LogP contribution in [0.3, 0.4) is 0 Å². The molecule has 0 bridgehead atoms. The van der Waals surface area contributed by atoms with Crippen molar-refractivity contribution in [3.63, 3.8) is 0 Å². The van der Waals surface area contributed by atoms with Crippen molar-refractivity contribution in [2.24, 2.45) is 0 Å². The van der Waals surface area contributed by atoms with E-state index < -0.39 is 0 Å². The average molecular weight is 604 g/mol. The maximum atomic E-state index is 6.29. The van der Waals surface area contributed by atoms with Crippen molar-refractivity contribution in [2.75, 3.05) is 0 Å². The van der Waals surface area contributed by atoms with E-state index >= 15 is 0 Å². The van der Waals surface area contributed by atoms with Crippen LogP contribution >= 0.6 is 0 Å². The molecule has 0 N–H and O–H groups in total. The second-order valence-corrected chi connectivity index (χ2v) is 13.1. The number of benzene rings is 6. The molecule has 47 heavy (non-hydrogen) atoms. The summed E-state index contributed by atoms with van der Waals surface area (Å²) < 4.78 is 8.53. The molecule has 4 heteroatoms. The number of nitrogens with zero attached hydrogens (tertiary/aromatic N) is 3. The molecular formula is C43H29N3O. The summed E-state index contributed by atoms with van der Waals surface area (Å²) in [6, 6.07) is 49.2. The fourth-order valence-corrected chi connectivity index (χ4v) is 7.70. The van der Waals surface area contributed by atoms with E-state index in [-0.39, 0.29) is 5.41 Å². The lowest BCUT2D eigenvalue weighted by Crippen LogP contribution is -2.14. The fourth-order valence-electron chi connectivity index (χ4n) is 7.70. The number of para-hydroxylation sites is 2. The number of hydrogen-bond acceptors (Lipinski definition) is 3. The van der Waals surface area contributed by atoms with Crippen molar-refractivity contribution in [3.8, 4) is 39.6 Å². The SMILES string of the molecule is CC1(C)c2ccccc2-c2cc3c(cc21)c1ccccc1n3-c1nc(-c2ccccc2)cc(-c2ccc3c(c2)oc2ccccc23)n1. The maximum absolute atomic E-state index is 6.29. The maximum Gasteiger partial charge on any atom is 0.235 e. The molecule has 0 fully saturated rings. The van der Waals surface area contributed by atoms with Crippen LogP contribution in [0.5, 0.6) is 0 Å². The Morgan fingerprint density at radius 2 is 1.19 bits per heavy atom. The van der Waals surface area contributed by atoms with Gasteiger partial charge in [0.1, 0.15) is 11.2 Å². The third-order valence-electron chi connectivity index (χ3n) is 10.0. The lowest BCUT2D eigenvalue weighted by molar-refractivity contribution is 0.661. The monoisotopic (exact) mass is 603 g/mol. The number of fused-ring (bicyclic) bond motifs is 9. The first kappa shape index (κ1) is 26.2. The summed E-state index contributed by atoms with van der Waals surface area (Å²) in [5, 5.41) is 4.61. The van der Waals surface area contributed by atoms with Crippen LogP contribution in [0.4, 0.5) is 0 Å². The zero-order valence-electron chi connectivity index (χ0n) is 26.0. The Balaban J connectivity index is 1.26. The molecule has 0 radical (unpaired) electrons. The number of rotatable bonds is 3. The summed E-state index contributed by atoms with van der Waals surface area (Å²) in [4.78, 5) is 10.6. The molecule has 0 atom stereocenters. The van der Waals surface area contributed by atoms with Gasteiger partial charge in [0.25, 0.3) is 0 Å². The Kier molecular flexibility index (Phi) is 5.31. The van der Waals surface area contributed by atoms with Crippen LogP contribution in [0, 0.1) is 0 Å². The average Bonchev–Trinajstić information content (AvgIpc) is 3.73. The molecule has 0 spiro atoms. The highest BCUT2D eigenvalue weighted by Gasteiger charge is 2.36. The first-order chi connectivity index (χ1) is 23.0. The molecule has 1 aliphatic rings. The van der Waals surface area contributed by atoms with E-state index in [1.54, 1.807) is 0 Å². The summed E-state index contributed by atoms with van der Waals surface area (Å²) in [7, 11) is 0. The van der Waals surface area contributed by atoms with Crippen molar-refractivity contribution >= 4 is 43.7 Å². The Morgan fingerprint density at radius 3 is 2.06 bits per heavy atom. The van der Waals surface area contributed by atoms with E-state index in [1.165, 1.54) is 33.0 Å². The van der Waals surface area contributed by atoms with Gasteiger partial charge in [0.15, 0.2) is 0 Å². The van der Waals surface area contributed by atoms with Gasteiger partial charge in [0.2, 0.25) is 5.95 Å². The van der Waals surface area contributed by atoms with Crippen LogP contribution in [-0.2, 0) is 5.41 Å². The minimum Gasteiger partial charge on any atom is -0.456 e. The molecule has 222 valence electrons. The largest absolute Gasteiger partial charge is 0.456 e. The number of furan rings is 1. The lowest BCUT2D eigenvalue weighted by Gasteiger charge is -2.21. The third kappa shape index (κ3) is 3.76. The highest BCUT2D eigenvalue weighted by atomic mass is 16.3. The van der Waals surface area contributed by atoms with Gasteiger partial charge in [-0.05, 0) is 64.7 Å². The molecule has 6 aromatic carbocycles. The molecule has 0 saturated carbocycles. The van der Waals surface area contributed by atoms with E-state index in [9.17, 15) is 0 Å². The minimum atomic E-state index is -0.0878. The van der Waals surface area contributed by atoms with Gasteiger partial charge in [-0.3, -0.25) is 4.57 Å². The van der Waals surface area contributed by atoms with Crippen LogP contribution in [0.25, 0.3) is 83.3 Å². The van der Waals surface area contributed by atoms with Gasteiger partial charge in [-0.2, -0.15) is 0 Å². The molecule has 4 nitrogen and oxygen atoms in total. The zero-order chi connectivity index (χ0) is 31.3. The van der Waals surface area contributed by atoms with E-state index in [1.807, 2.05) is 18.2 Å². The van der Waals surface area contributed by atoms with Crippen molar-refractivity contribution < 1.29 is 4.42 Å².